The van der Waals surface area contributed by atoms with Gasteiger partial charge in [-0.2, -0.15) is 0 Å². The Morgan fingerprint density at radius 3 is 2.75 bits per heavy atom. The summed E-state index contributed by atoms with van der Waals surface area (Å²) in [6, 6.07) is 7.37. The van der Waals surface area contributed by atoms with Crippen molar-refractivity contribution in [2.75, 3.05) is 12.4 Å². The van der Waals surface area contributed by atoms with E-state index in [2.05, 4.69) is 15.3 Å². The van der Waals surface area contributed by atoms with Gasteiger partial charge in [-0.1, -0.05) is 11.6 Å². The number of fused-ring (bicyclic) bond motifs is 1. The zero-order valence-electron chi connectivity index (χ0n) is 12.4. The van der Waals surface area contributed by atoms with Crippen LogP contribution in [0, 0.1) is 10.1 Å². The van der Waals surface area contributed by atoms with Crippen LogP contribution < -0.4 is 10.1 Å². The highest BCUT2D eigenvalue weighted by molar-refractivity contribution is 6.32. The third kappa shape index (κ3) is 2.86. The molecule has 0 aliphatic rings. The Bertz CT molecular complexity index is 948. The van der Waals surface area contributed by atoms with Gasteiger partial charge in [0.1, 0.15) is 17.9 Å². The van der Waals surface area contributed by atoms with E-state index in [9.17, 15) is 15.2 Å². The number of phenolic OH excluding ortho intramolecular Hbond substituents is 1. The summed E-state index contributed by atoms with van der Waals surface area (Å²) >= 11 is 5.88. The van der Waals surface area contributed by atoms with Crippen molar-refractivity contribution in [1.29, 1.82) is 0 Å². The second-order valence-electron chi connectivity index (χ2n) is 4.81. The molecule has 1 heterocycles. The summed E-state index contributed by atoms with van der Waals surface area (Å²) in [5.74, 6) is 0.437. The molecular weight excluding hydrogens is 336 g/mol. The maximum Gasteiger partial charge on any atom is 0.311 e. The van der Waals surface area contributed by atoms with Crippen LogP contribution in [0.5, 0.6) is 11.5 Å². The molecule has 122 valence electrons. The average molecular weight is 347 g/mol. The van der Waals surface area contributed by atoms with Crippen LogP contribution in [0.15, 0.2) is 36.7 Å². The number of phenols is 1. The van der Waals surface area contributed by atoms with Crippen molar-refractivity contribution in [3.63, 3.8) is 0 Å². The summed E-state index contributed by atoms with van der Waals surface area (Å²) in [6.45, 7) is 0. The molecule has 0 aliphatic heterocycles. The number of hydrogen-bond acceptors (Lipinski definition) is 7. The number of rotatable bonds is 4. The molecule has 2 aromatic carbocycles. The van der Waals surface area contributed by atoms with Gasteiger partial charge in [0.25, 0.3) is 0 Å². The van der Waals surface area contributed by atoms with Gasteiger partial charge in [-0.15, -0.1) is 0 Å². The molecule has 1 aromatic heterocycles. The standard InChI is InChI=1S/C15H11ClN4O4/c1-24-14-6-11-9(5-12(14)20(22)23)15(18-7-17-11)19-8-2-3-13(21)10(16)4-8/h2-7,21H,1H3,(H,17,18,19). The van der Waals surface area contributed by atoms with E-state index in [0.717, 1.165) is 0 Å². The van der Waals surface area contributed by atoms with Crippen LogP contribution in [0.2, 0.25) is 5.02 Å². The zero-order chi connectivity index (χ0) is 17.3. The predicted octanol–water partition coefficient (Wildman–Crippen LogP) is 3.65. The summed E-state index contributed by atoms with van der Waals surface area (Å²) in [7, 11) is 1.35. The summed E-state index contributed by atoms with van der Waals surface area (Å²) in [5.41, 5.74) is 0.864. The third-order valence-electron chi connectivity index (χ3n) is 3.34. The SMILES string of the molecule is COc1cc2ncnc(Nc3ccc(O)c(Cl)c3)c2cc1[N+](=O)[O-]. The van der Waals surface area contributed by atoms with E-state index < -0.39 is 4.92 Å². The molecule has 0 fully saturated rings. The number of anilines is 2. The second-order valence-corrected chi connectivity index (χ2v) is 5.22. The monoisotopic (exact) mass is 346 g/mol. The van der Waals surface area contributed by atoms with E-state index in [1.807, 2.05) is 0 Å². The van der Waals surface area contributed by atoms with Crippen molar-refractivity contribution < 1.29 is 14.8 Å². The van der Waals surface area contributed by atoms with Gasteiger partial charge in [-0.05, 0) is 18.2 Å². The number of nitro groups is 1. The molecule has 0 aliphatic carbocycles. The van der Waals surface area contributed by atoms with Crippen molar-refractivity contribution in [3.8, 4) is 11.5 Å². The number of nitrogens with zero attached hydrogens (tertiary/aromatic N) is 3. The van der Waals surface area contributed by atoms with E-state index in [0.29, 0.717) is 22.4 Å². The Hall–Kier alpha value is -3.13. The molecule has 0 amide bonds. The largest absolute Gasteiger partial charge is 0.506 e. The minimum atomic E-state index is -0.535. The van der Waals surface area contributed by atoms with E-state index in [1.54, 1.807) is 6.07 Å². The summed E-state index contributed by atoms with van der Waals surface area (Å²) in [4.78, 5) is 18.9. The van der Waals surface area contributed by atoms with Crippen LogP contribution in [-0.2, 0) is 0 Å². The first-order valence-electron chi connectivity index (χ1n) is 6.72. The van der Waals surface area contributed by atoms with Crippen LogP contribution in [0.25, 0.3) is 10.9 Å². The van der Waals surface area contributed by atoms with Gasteiger partial charge >= 0.3 is 5.69 Å². The van der Waals surface area contributed by atoms with Crippen molar-refractivity contribution in [3.05, 3.63) is 51.8 Å². The summed E-state index contributed by atoms with van der Waals surface area (Å²) < 4.78 is 5.03. The van der Waals surface area contributed by atoms with E-state index in [1.165, 1.54) is 37.7 Å². The quantitative estimate of drug-likeness (QED) is 0.421. The number of halogens is 1. The number of aromatic nitrogens is 2. The molecule has 24 heavy (non-hydrogen) atoms. The molecule has 0 saturated carbocycles. The fourth-order valence-corrected chi connectivity index (χ4v) is 2.38. The molecule has 3 aromatic rings. The highest BCUT2D eigenvalue weighted by Gasteiger charge is 2.18. The number of nitro benzene ring substituents is 1. The first kappa shape index (κ1) is 15.8. The molecule has 0 unspecified atom stereocenters. The van der Waals surface area contributed by atoms with Crippen LogP contribution in [-0.4, -0.2) is 27.1 Å². The zero-order valence-corrected chi connectivity index (χ0v) is 13.1. The maximum absolute atomic E-state index is 11.2. The van der Waals surface area contributed by atoms with Gasteiger partial charge in [0, 0.05) is 17.8 Å². The Morgan fingerprint density at radius 2 is 2.08 bits per heavy atom. The molecule has 3 rings (SSSR count). The minimum Gasteiger partial charge on any atom is -0.506 e. The highest BCUT2D eigenvalue weighted by atomic mass is 35.5. The number of aromatic hydroxyl groups is 1. The van der Waals surface area contributed by atoms with Gasteiger partial charge in [-0.3, -0.25) is 10.1 Å². The maximum atomic E-state index is 11.2. The lowest BCUT2D eigenvalue weighted by atomic mass is 10.2. The van der Waals surface area contributed by atoms with Gasteiger partial charge in [0.2, 0.25) is 0 Å². The van der Waals surface area contributed by atoms with Crippen molar-refractivity contribution in [1.82, 2.24) is 9.97 Å². The third-order valence-corrected chi connectivity index (χ3v) is 3.65. The lowest BCUT2D eigenvalue weighted by Gasteiger charge is -2.10. The Labute approximate surface area is 140 Å². The fourth-order valence-electron chi connectivity index (χ4n) is 2.20. The van der Waals surface area contributed by atoms with E-state index in [-0.39, 0.29) is 22.2 Å². The minimum absolute atomic E-state index is 0.0462. The number of nitrogens with one attached hydrogen (secondary N) is 1. The number of benzene rings is 2. The van der Waals surface area contributed by atoms with Gasteiger partial charge in [0.15, 0.2) is 5.75 Å². The first-order valence-corrected chi connectivity index (χ1v) is 7.10. The number of hydrogen-bond donors (Lipinski definition) is 2. The van der Waals surface area contributed by atoms with Crippen molar-refractivity contribution in [2.45, 2.75) is 0 Å². The fraction of sp³-hybridized carbons (Fsp3) is 0.0667. The highest BCUT2D eigenvalue weighted by Crippen LogP contribution is 2.35. The second kappa shape index (κ2) is 6.17. The van der Waals surface area contributed by atoms with Crippen LogP contribution in [0.1, 0.15) is 0 Å². The Balaban J connectivity index is 2.12. The van der Waals surface area contributed by atoms with E-state index in [4.69, 9.17) is 16.3 Å². The van der Waals surface area contributed by atoms with Crippen molar-refractivity contribution in [2.24, 2.45) is 0 Å². The van der Waals surface area contributed by atoms with Gasteiger partial charge in [-0.25, -0.2) is 9.97 Å². The molecule has 0 atom stereocenters. The van der Waals surface area contributed by atoms with Gasteiger partial charge < -0.3 is 15.2 Å². The lowest BCUT2D eigenvalue weighted by molar-refractivity contribution is -0.385. The predicted molar refractivity (Wildman–Crippen MR) is 89.1 cm³/mol. The van der Waals surface area contributed by atoms with Gasteiger partial charge in [0.05, 0.1) is 28.0 Å². The van der Waals surface area contributed by atoms with Crippen molar-refractivity contribution >= 4 is 39.7 Å². The average Bonchev–Trinajstić information content (AvgIpc) is 2.57. The molecular formula is C15H11ClN4O4. The summed E-state index contributed by atoms with van der Waals surface area (Å²) in [6.07, 6.45) is 1.33. The number of ether oxygens (including phenoxy) is 1. The molecule has 2 N–H and O–H groups in total. The lowest BCUT2D eigenvalue weighted by Crippen LogP contribution is -1.99. The smallest absolute Gasteiger partial charge is 0.311 e. The molecule has 0 radical (unpaired) electrons. The van der Waals surface area contributed by atoms with Crippen LogP contribution >= 0.6 is 11.6 Å². The number of methoxy groups -OCH3 is 1. The first-order chi connectivity index (χ1) is 11.5. The normalized spacial score (nSPS) is 10.6. The topological polar surface area (TPSA) is 110 Å². The molecule has 0 bridgehead atoms. The molecule has 0 spiro atoms. The molecule has 0 saturated heterocycles. The summed E-state index contributed by atoms with van der Waals surface area (Å²) in [5, 5.41) is 24.3. The molecule has 8 nitrogen and oxygen atoms in total. The molecule has 9 heteroatoms. The Morgan fingerprint density at radius 1 is 1.29 bits per heavy atom. The van der Waals surface area contributed by atoms with E-state index >= 15 is 0 Å². The van der Waals surface area contributed by atoms with Crippen LogP contribution in [0.4, 0.5) is 17.2 Å². The van der Waals surface area contributed by atoms with Crippen LogP contribution in [0.3, 0.4) is 0 Å². The Kier molecular flexibility index (Phi) is 4.05.